The summed E-state index contributed by atoms with van der Waals surface area (Å²) >= 11 is 0. The van der Waals surface area contributed by atoms with Gasteiger partial charge in [-0.25, -0.2) is 0 Å². The van der Waals surface area contributed by atoms with Gasteiger partial charge in [-0.3, -0.25) is 9.78 Å². The van der Waals surface area contributed by atoms with Crippen molar-refractivity contribution in [3.05, 3.63) is 36.0 Å². The number of ether oxygens (including phenoxy) is 1. The number of hydrogen-bond acceptors (Lipinski definition) is 3. The van der Waals surface area contributed by atoms with Crippen molar-refractivity contribution < 1.29 is 9.53 Å². The molecule has 0 aliphatic rings. The van der Waals surface area contributed by atoms with Crippen LogP contribution in [0.15, 0.2) is 30.5 Å². The largest absolute Gasteiger partial charge is 0.481 e. The van der Waals surface area contributed by atoms with Gasteiger partial charge in [-0.1, -0.05) is 19.9 Å². The number of nitrogens with two attached hydrogens (primary N) is 1. The summed E-state index contributed by atoms with van der Waals surface area (Å²) in [7, 11) is 0. The standard InChI is InChI=1S/C14H16N2O2/c1-9(2)11-6-10-4-3-5-16-14(10)12(7-11)18-8-13(15)17/h3-7,9H,8H2,1-2H3,(H2,15,17). The Bertz CT molecular complexity index is 579. The first-order valence-electron chi connectivity index (χ1n) is 5.87. The highest BCUT2D eigenvalue weighted by Gasteiger charge is 2.09. The second-order valence-electron chi connectivity index (χ2n) is 4.50. The van der Waals surface area contributed by atoms with Gasteiger partial charge in [0.05, 0.1) is 0 Å². The van der Waals surface area contributed by atoms with Gasteiger partial charge in [-0.05, 0) is 29.7 Å². The quantitative estimate of drug-likeness (QED) is 0.896. The van der Waals surface area contributed by atoms with Crippen LogP contribution in [-0.4, -0.2) is 17.5 Å². The second-order valence-corrected chi connectivity index (χ2v) is 4.50. The van der Waals surface area contributed by atoms with E-state index in [1.54, 1.807) is 6.20 Å². The third-order valence-electron chi connectivity index (χ3n) is 2.73. The third kappa shape index (κ3) is 2.59. The molecule has 0 fully saturated rings. The van der Waals surface area contributed by atoms with Crippen LogP contribution in [0.2, 0.25) is 0 Å². The first-order valence-corrected chi connectivity index (χ1v) is 5.87. The molecule has 94 valence electrons. The van der Waals surface area contributed by atoms with E-state index in [9.17, 15) is 4.79 Å². The van der Waals surface area contributed by atoms with Gasteiger partial charge in [0.1, 0.15) is 11.3 Å². The molecule has 1 amide bonds. The zero-order valence-electron chi connectivity index (χ0n) is 10.5. The summed E-state index contributed by atoms with van der Waals surface area (Å²) in [6.45, 7) is 4.08. The van der Waals surface area contributed by atoms with E-state index in [4.69, 9.17) is 10.5 Å². The summed E-state index contributed by atoms with van der Waals surface area (Å²) in [6.07, 6.45) is 1.70. The Morgan fingerprint density at radius 3 is 2.89 bits per heavy atom. The van der Waals surface area contributed by atoms with Crippen LogP contribution in [-0.2, 0) is 4.79 Å². The first-order chi connectivity index (χ1) is 8.58. The molecule has 4 nitrogen and oxygen atoms in total. The maximum Gasteiger partial charge on any atom is 0.255 e. The molecular weight excluding hydrogens is 228 g/mol. The molecule has 1 aromatic carbocycles. The molecule has 1 heterocycles. The third-order valence-corrected chi connectivity index (χ3v) is 2.73. The Kier molecular flexibility index (Phi) is 3.46. The molecule has 0 bridgehead atoms. The lowest BCUT2D eigenvalue weighted by atomic mass is 10.0. The number of hydrogen-bond donors (Lipinski definition) is 1. The summed E-state index contributed by atoms with van der Waals surface area (Å²) in [4.78, 5) is 15.1. The van der Waals surface area contributed by atoms with Crippen LogP contribution in [0.5, 0.6) is 5.75 Å². The van der Waals surface area contributed by atoms with Gasteiger partial charge < -0.3 is 10.5 Å². The molecule has 0 spiro atoms. The molecule has 4 heteroatoms. The van der Waals surface area contributed by atoms with Crippen molar-refractivity contribution >= 4 is 16.8 Å². The zero-order chi connectivity index (χ0) is 13.1. The highest BCUT2D eigenvalue weighted by atomic mass is 16.5. The molecular formula is C14H16N2O2. The van der Waals surface area contributed by atoms with Gasteiger partial charge in [-0.15, -0.1) is 0 Å². The maximum atomic E-state index is 10.8. The Morgan fingerprint density at radius 1 is 1.44 bits per heavy atom. The number of primary amides is 1. The van der Waals surface area contributed by atoms with E-state index in [1.807, 2.05) is 18.2 Å². The monoisotopic (exact) mass is 244 g/mol. The number of amides is 1. The molecule has 18 heavy (non-hydrogen) atoms. The van der Waals surface area contributed by atoms with E-state index in [-0.39, 0.29) is 6.61 Å². The fourth-order valence-corrected chi connectivity index (χ4v) is 1.77. The minimum absolute atomic E-state index is 0.132. The highest BCUT2D eigenvalue weighted by molar-refractivity contribution is 5.86. The summed E-state index contributed by atoms with van der Waals surface area (Å²) < 4.78 is 5.43. The van der Waals surface area contributed by atoms with Gasteiger partial charge in [0.25, 0.3) is 5.91 Å². The molecule has 2 N–H and O–H groups in total. The van der Waals surface area contributed by atoms with E-state index in [2.05, 4.69) is 24.9 Å². The zero-order valence-corrected chi connectivity index (χ0v) is 10.5. The van der Waals surface area contributed by atoms with Crippen LogP contribution < -0.4 is 10.5 Å². The van der Waals surface area contributed by atoms with E-state index in [0.717, 1.165) is 16.5 Å². The number of rotatable bonds is 4. The lowest BCUT2D eigenvalue weighted by Crippen LogP contribution is -2.20. The molecule has 0 saturated carbocycles. The van der Waals surface area contributed by atoms with E-state index in [0.29, 0.717) is 11.7 Å². The number of benzene rings is 1. The predicted molar refractivity (Wildman–Crippen MR) is 70.5 cm³/mol. The molecule has 1 aromatic heterocycles. The van der Waals surface area contributed by atoms with Crippen LogP contribution >= 0.6 is 0 Å². The highest BCUT2D eigenvalue weighted by Crippen LogP contribution is 2.29. The molecule has 0 atom stereocenters. The van der Waals surface area contributed by atoms with Crippen molar-refractivity contribution in [1.82, 2.24) is 4.98 Å². The number of aromatic nitrogens is 1. The van der Waals surface area contributed by atoms with Gasteiger partial charge >= 0.3 is 0 Å². The van der Waals surface area contributed by atoms with Crippen molar-refractivity contribution in [3.63, 3.8) is 0 Å². The van der Waals surface area contributed by atoms with Gasteiger partial charge in [0.15, 0.2) is 6.61 Å². The molecule has 0 aliphatic heterocycles. The van der Waals surface area contributed by atoms with Crippen molar-refractivity contribution in [2.24, 2.45) is 5.73 Å². The summed E-state index contributed by atoms with van der Waals surface area (Å²) in [5.41, 5.74) is 7.00. The summed E-state index contributed by atoms with van der Waals surface area (Å²) in [5.74, 6) is 0.496. The minimum Gasteiger partial charge on any atom is -0.481 e. The fourth-order valence-electron chi connectivity index (χ4n) is 1.77. The van der Waals surface area contributed by atoms with E-state index >= 15 is 0 Å². The van der Waals surface area contributed by atoms with E-state index in [1.165, 1.54) is 0 Å². The predicted octanol–water partition coefficient (Wildman–Crippen LogP) is 2.22. The SMILES string of the molecule is CC(C)c1cc(OCC(N)=O)c2ncccc2c1. The molecule has 0 unspecified atom stereocenters. The van der Waals surface area contributed by atoms with Crippen LogP contribution in [0.25, 0.3) is 10.9 Å². The van der Waals surface area contributed by atoms with Crippen molar-refractivity contribution in [1.29, 1.82) is 0 Å². The lowest BCUT2D eigenvalue weighted by Gasteiger charge is -2.12. The summed E-state index contributed by atoms with van der Waals surface area (Å²) in [5, 5.41) is 1.00. The van der Waals surface area contributed by atoms with Crippen molar-refractivity contribution in [2.45, 2.75) is 19.8 Å². The topological polar surface area (TPSA) is 65.2 Å². The Morgan fingerprint density at radius 2 is 2.22 bits per heavy atom. The van der Waals surface area contributed by atoms with Crippen LogP contribution in [0, 0.1) is 0 Å². The van der Waals surface area contributed by atoms with Crippen LogP contribution in [0.3, 0.4) is 0 Å². The lowest BCUT2D eigenvalue weighted by molar-refractivity contribution is -0.119. The summed E-state index contributed by atoms with van der Waals surface area (Å²) in [6, 6.07) is 7.86. The first kappa shape index (κ1) is 12.4. The number of carbonyl (C=O) groups is 1. The van der Waals surface area contributed by atoms with Gasteiger partial charge in [0.2, 0.25) is 0 Å². The van der Waals surface area contributed by atoms with Crippen LogP contribution in [0.4, 0.5) is 0 Å². The number of fused-ring (bicyclic) bond motifs is 1. The Balaban J connectivity index is 2.50. The average Bonchev–Trinajstić information content (AvgIpc) is 2.35. The van der Waals surface area contributed by atoms with Crippen molar-refractivity contribution in [2.75, 3.05) is 6.61 Å². The molecule has 2 rings (SSSR count). The fraction of sp³-hybridized carbons (Fsp3) is 0.286. The number of pyridine rings is 1. The minimum atomic E-state index is -0.492. The Hall–Kier alpha value is -2.10. The molecule has 0 saturated heterocycles. The smallest absolute Gasteiger partial charge is 0.255 e. The second kappa shape index (κ2) is 5.04. The van der Waals surface area contributed by atoms with Crippen LogP contribution in [0.1, 0.15) is 25.3 Å². The molecule has 0 radical (unpaired) electrons. The maximum absolute atomic E-state index is 10.8. The number of carbonyl (C=O) groups excluding carboxylic acids is 1. The van der Waals surface area contributed by atoms with Gasteiger partial charge in [0, 0.05) is 11.6 Å². The van der Waals surface area contributed by atoms with E-state index < -0.39 is 5.91 Å². The van der Waals surface area contributed by atoms with Gasteiger partial charge in [-0.2, -0.15) is 0 Å². The average molecular weight is 244 g/mol. The van der Waals surface area contributed by atoms with Crippen molar-refractivity contribution in [3.8, 4) is 5.75 Å². The Labute approximate surface area is 106 Å². The molecule has 0 aliphatic carbocycles. The molecule has 2 aromatic rings. The number of nitrogens with zero attached hydrogens (tertiary/aromatic N) is 1. The normalized spacial score (nSPS) is 10.8.